The van der Waals surface area contributed by atoms with E-state index in [9.17, 15) is 8.42 Å². The van der Waals surface area contributed by atoms with Crippen molar-refractivity contribution in [2.75, 3.05) is 40.0 Å². The molecule has 1 aliphatic heterocycles. The van der Waals surface area contributed by atoms with E-state index in [1.54, 1.807) is 18.2 Å². The van der Waals surface area contributed by atoms with Gasteiger partial charge in [-0.05, 0) is 78.5 Å². The van der Waals surface area contributed by atoms with Gasteiger partial charge in [0.2, 0.25) is 0 Å². The monoisotopic (exact) mass is 461 g/mol. The fraction of sp³-hybridized carbons (Fsp3) is 0.500. The highest BCUT2D eigenvalue weighted by atomic mass is 32.2. The zero-order valence-electron chi connectivity index (χ0n) is 18.8. The maximum absolute atomic E-state index is 13.5. The van der Waals surface area contributed by atoms with E-state index < -0.39 is 10.0 Å². The van der Waals surface area contributed by atoms with E-state index in [2.05, 4.69) is 12.2 Å². The van der Waals surface area contributed by atoms with Crippen LogP contribution < -0.4 is 15.4 Å². The van der Waals surface area contributed by atoms with Crippen LogP contribution in [0.2, 0.25) is 0 Å². The number of nitrogens with two attached hydrogens (primary N) is 1. The standard InChI is InChI=1S/C24H35N3O2S2/c1-4-19-5-7-21(8-6-19)27(17-18(2)3)31(28,29)22-9-10-24(23(25)15-22)26-16-20-11-13-30-14-12-20/h5-10,15,18,20,26H,4,11-14,16-17,25H2,1-3H3. The second kappa shape index (κ2) is 10.6. The topological polar surface area (TPSA) is 75.4 Å². The first-order chi connectivity index (χ1) is 14.8. The largest absolute Gasteiger partial charge is 0.397 e. The van der Waals surface area contributed by atoms with Crippen molar-refractivity contribution in [2.24, 2.45) is 11.8 Å². The number of nitrogens with one attached hydrogen (secondary N) is 1. The average molecular weight is 462 g/mol. The van der Waals surface area contributed by atoms with E-state index in [1.807, 2.05) is 49.9 Å². The molecule has 31 heavy (non-hydrogen) atoms. The van der Waals surface area contributed by atoms with Crippen molar-refractivity contribution in [3.05, 3.63) is 48.0 Å². The molecule has 7 heteroatoms. The maximum Gasteiger partial charge on any atom is 0.264 e. The quantitative estimate of drug-likeness (QED) is 0.500. The van der Waals surface area contributed by atoms with Crippen molar-refractivity contribution >= 4 is 38.8 Å². The number of sulfonamides is 1. The van der Waals surface area contributed by atoms with E-state index in [0.717, 1.165) is 18.7 Å². The van der Waals surface area contributed by atoms with E-state index >= 15 is 0 Å². The molecule has 2 aromatic carbocycles. The minimum atomic E-state index is -3.72. The SMILES string of the molecule is CCc1ccc(N(CC(C)C)S(=O)(=O)c2ccc(NCC3CCSCC3)c(N)c2)cc1. The molecule has 5 nitrogen and oxygen atoms in total. The molecule has 0 atom stereocenters. The molecular weight excluding hydrogens is 426 g/mol. The summed E-state index contributed by atoms with van der Waals surface area (Å²) in [6, 6.07) is 12.8. The fourth-order valence-corrected chi connectivity index (χ4v) is 6.63. The molecule has 0 unspecified atom stereocenters. The summed E-state index contributed by atoms with van der Waals surface area (Å²) in [4.78, 5) is 0.227. The van der Waals surface area contributed by atoms with Crippen molar-refractivity contribution in [1.82, 2.24) is 0 Å². The molecule has 0 saturated carbocycles. The smallest absolute Gasteiger partial charge is 0.264 e. The third-order valence-corrected chi connectivity index (χ3v) is 8.54. The van der Waals surface area contributed by atoms with E-state index in [0.29, 0.717) is 23.8 Å². The van der Waals surface area contributed by atoms with Crippen LogP contribution in [0.15, 0.2) is 47.4 Å². The molecule has 0 radical (unpaired) electrons. The summed E-state index contributed by atoms with van der Waals surface area (Å²) >= 11 is 2.01. The Morgan fingerprint density at radius 1 is 1.13 bits per heavy atom. The molecule has 2 aromatic rings. The van der Waals surface area contributed by atoms with Gasteiger partial charge in [-0.3, -0.25) is 4.31 Å². The zero-order valence-corrected chi connectivity index (χ0v) is 20.4. The molecule has 0 spiro atoms. The minimum Gasteiger partial charge on any atom is -0.397 e. The van der Waals surface area contributed by atoms with Crippen LogP contribution in [0, 0.1) is 11.8 Å². The van der Waals surface area contributed by atoms with Gasteiger partial charge in [-0.2, -0.15) is 11.8 Å². The van der Waals surface area contributed by atoms with Crippen molar-refractivity contribution < 1.29 is 8.42 Å². The van der Waals surface area contributed by atoms with Gasteiger partial charge >= 0.3 is 0 Å². The van der Waals surface area contributed by atoms with Crippen LogP contribution in [-0.4, -0.2) is 33.0 Å². The molecule has 3 N–H and O–H groups in total. The first-order valence-corrected chi connectivity index (χ1v) is 13.7. The highest BCUT2D eigenvalue weighted by molar-refractivity contribution is 7.99. The molecule has 1 heterocycles. The molecule has 0 aromatic heterocycles. The lowest BCUT2D eigenvalue weighted by Crippen LogP contribution is -2.34. The summed E-state index contributed by atoms with van der Waals surface area (Å²) in [6.07, 6.45) is 3.35. The first-order valence-electron chi connectivity index (χ1n) is 11.1. The van der Waals surface area contributed by atoms with Gasteiger partial charge in [-0.1, -0.05) is 32.9 Å². The van der Waals surface area contributed by atoms with Crippen LogP contribution in [0.4, 0.5) is 17.1 Å². The summed E-state index contributed by atoms with van der Waals surface area (Å²) in [5.41, 5.74) is 9.40. The van der Waals surface area contributed by atoms with Crippen LogP contribution in [0.5, 0.6) is 0 Å². The van der Waals surface area contributed by atoms with Crippen LogP contribution in [0.25, 0.3) is 0 Å². The highest BCUT2D eigenvalue weighted by Crippen LogP contribution is 2.30. The fourth-order valence-electron chi connectivity index (χ4n) is 3.77. The Labute approximate surface area is 191 Å². The first kappa shape index (κ1) is 23.8. The number of nitrogens with zero attached hydrogens (tertiary/aromatic N) is 1. The number of aryl methyl sites for hydroxylation is 1. The van der Waals surface area contributed by atoms with Gasteiger partial charge in [0.25, 0.3) is 10.0 Å². The number of hydrogen-bond donors (Lipinski definition) is 2. The van der Waals surface area contributed by atoms with Gasteiger partial charge in [-0.15, -0.1) is 0 Å². The molecule has 0 aliphatic carbocycles. The maximum atomic E-state index is 13.5. The number of thioether (sulfide) groups is 1. The molecule has 1 fully saturated rings. The highest BCUT2D eigenvalue weighted by Gasteiger charge is 2.26. The van der Waals surface area contributed by atoms with Crippen molar-refractivity contribution in [3.8, 4) is 0 Å². The zero-order chi connectivity index (χ0) is 22.4. The molecule has 0 amide bonds. The summed E-state index contributed by atoms with van der Waals surface area (Å²) in [7, 11) is -3.72. The van der Waals surface area contributed by atoms with Gasteiger partial charge in [0.05, 0.1) is 22.0 Å². The predicted octanol–water partition coefficient (Wildman–Crippen LogP) is 5.24. The number of anilines is 3. The van der Waals surface area contributed by atoms with Crippen molar-refractivity contribution in [1.29, 1.82) is 0 Å². The Kier molecular flexibility index (Phi) is 8.17. The second-order valence-electron chi connectivity index (χ2n) is 8.64. The molecule has 0 bridgehead atoms. The Hall–Kier alpha value is -1.86. The normalized spacial score (nSPS) is 15.2. The molecule has 3 rings (SSSR count). The molecular formula is C24H35N3O2S2. The lowest BCUT2D eigenvalue weighted by atomic mass is 10.0. The van der Waals surface area contributed by atoms with E-state index in [4.69, 9.17) is 5.73 Å². The Morgan fingerprint density at radius 3 is 2.39 bits per heavy atom. The average Bonchev–Trinajstić information content (AvgIpc) is 2.77. The molecule has 1 saturated heterocycles. The predicted molar refractivity (Wildman–Crippen MR) is 135 cm³/mol. The number of rotatable bonds is 9. The number of nitrogen functional groups attached to an aromatic ring is 1. The summed E-state index contributed by atoms with van der Waals surface area (Å²) < 4.78 is 28.6. The molecule has 1 aliphatic rings. The van der Waals surface area contributed by atoms with Gasteiger partial charge in [0.1, 0.15) is 0 Å². The Bertz CT molecular complexity index is 953. The van der Waals surface area contributed by atoms with E-state index in [-0.39, 0.29) is 10.8 Å². The van der Waals surface area contributed by atoms with Crippen molar-refractivity contribution in [2.45, 2.75) is 44.9 Å². The van der Waals surface area contributed by atoms with Gasteiger partial charge in [-0.25, -0.2) is 8.42 Å². The Morgan fingerprint density at radius 2 is 1.81 bits per heavy atom. The Balaban J connectivity index is 1.82. The van der Waals surface area contributed by atoms with Crippen LogP contribution in [0.3, 0.4) is 0 Å². The van der Waals surface area contributed by atoms with Gasteiger partial charge in [0, 0.05) is 13.1 Å². The lowest BCUT2D eigenvalue weighted by Gasteiger charge is -2.27. The summed E-state index contributed by atoms with van der Waals surface area (Å²) in [5.74, 6) is 3.26. The van der Waals surface area contributed by atoms with Crippen LogP contribution in [0.1, 0.15) is 39.2 Å². The summed E-state index contributed by atoms with van der Waals surface area (Å²) in [5, 5.41) is 3.42. The number of hydrogen-bond acceptors (Lipinski definition) is 5. The van der Waals surface area contributed by atoms with Crippen LogP contribution >= 0.6 is 11.8 Å². The third kappa shape index (κ3) is 6.10. The van der Waals surface area contributed by atoms with Crippen LogP contribution in [-0.2, 0) is 16.4 Å². The third-order valence-electron chi connectivity index (χ3n) is 5.70. The van der Waals surface area contributed by atoms with Gasteiger partial charge < -0.3 is 11.1 Å². The summed E-state index contributed by atoms with van der Waals surface area (Å²) in [6.45, 7) is 7.42. The van der Waals surface area contributed by atoms with Gasteiger partial charge in [0.15, 0.2) is 0 Å². The minimum absolute atomic E-state index is 0.188. The molecule has 170 valence electrons. The lowest BCUT2D eigenvalue weighted by molar-refractivity contribution is 0.516. The second-order valence-corrected chi connectivity index (χ2v) is 11.7. The number of benzene rings is 2. The van der Waals surface area contributed by atoms with Crippen molar-refractivity contribution in [3.63, 3.8) is 0 Å². The van der Waals surface area contributed by atoms with E-state index in [1.165, 1.54) is 34.2 Å².